The van der Waals surface area contributed by atoms with Crippen LogP contribution in [0.2, 0.25) is 0 Å². The van der Waals surface area contributed by atoms with Gasteiger partial charge in [0.05, 0.1) is 5.56 Å². The molecule has 0 fully saturated rings. The van der Waals surface area contributed by atoms with Gasteiger partial charge < -0.3 is 0 Å². The van der Waals surface area contributed by atoms with E-state index < -0.39 is 11.7 Å². The molecule has 1 nitrogen and oxygen atoms in total. The van der Waals surface area contributed by atoms with Crippen LogP contribution in [0.5, 0.6) is 0 Å². The van der Waals surface area contributed by atoms with Gasteiger partial charge in [0.25, 0.3) is 0 Å². The van der Waals surface area contributed by atoms with Crippen molar-refractivity contribution in [1.29, 1.82) is 0 Å². The molecule has 0 amide bonds. The summed E-state index contributed by atoms with van der Waals surface area (Å²) in [6.45, 7) is 6.80. The second-order valence-corrected chi connectivity index (χ2v) is 3.99. The minimum absolute atomic E-state index is 0.165. The van der Waals surface area contributed by atoms with Crippen molar-refractivity contribution in [2.24, 2.45) is 0 Å². The van der Waals surface area contributed by atoms with Gasteiger partial charge in [-0.25, -0.2) is 0 Å². The van der Waals surface area contributed by atoms with E-state index in [2.05, 4.69) is 4.98 Å². The molecule has 1 rings (SSSR count). The first-order chi connectivity index (χ1) is 7.23. The number of aromatic nitrogens is 1. The lowest BCUT2D eigenvalue weighted by atomic mass is 9.99. The van der Waals surface area contributed by atoms with Crippen molar-refractivity contribution in [3.63, 3.8) is 0 Å². The van der Waals surface area contributed by atoms with E-state index in [0.717, 1.165) is 11.6 Å². The highest BCUT2D eigenvalue weighted by Gasteiger charge is 2.34. The van der Waals surface area contributed by atoms with E-state index in [1.807, 2.05) is 0 Å². The van der Waals surface area contributed by atoms with Crippen molar-refractivity contribution in [2.75, 3.05) is 0 Å². The minimum atomic E-state index is -4.33. The summed E-state index contributed by atoms with van der Waals surface area (Å²) in [6, 6.07) is 1.09. The highest BCUT2D eigenvalue weighted by Crippen LogP contribution is 2.35. The molecule has 16 heavy (non-hydrogen) atoms. The quantitative estimate of drug-likeness (QED) is 0.702. The summed E-state index contributed by atoms with van der Waals surface area (Å²) in [4.78, 5) is 3.92. The molecule has 0 unspecified atom stereocenters. The highest BCUT2D eigenvalue weighted by atomic mass is 19.4. The number of hydrogen-bond acceptors (Lipinski definition) is 1. The van der Waals surface area contributed by atoms with Gasteiger partial charge >= 0.3 is 6.18 Å². The number of allylic oxidation sites excluding steroid dienone is 2. The Morgan fingerprint density at radius 2 is 1.75 bits per heavy atom. The van der Waals surface area contributed by atoms with Crippen LogP contribution in [-0.4, -0.2) is 4.98 Å². The number of hydrogen-bond donors (Lipinski definition) is 0. The molecule has 88 valence electrons. The smallest absolute Gasteiger partial charge is 0.261 e. The molecule has 0 aliphatic heterocycles. The van der Waals surface area contributed by atoms with Crippen LogP contribution in [0, 0.1) is 6.92 Å². The number of halogens is 3. The van der Waals surface area contributed by atoms with Gasteiger partial charge in [-0.3, -0.25) is 4.98 Å². The lowest BCUT2D eigenvalue weighted by Gasteiger charge is -2.14. The van der Waals surface area contributed by atoms with Gasteiger partial charge in [-0.15, -0.1) is 0 Å². The van der Waals surface area contributed by atoms with Gasteiger partial charge in [0, 0.05) is 17.5 Å². The number of nitrogens with zero attached hydrogens (tertiary/aromatic N) is 1. The van der Waals surface area contributed by atoms with Crippen molar-refractivity contribution >= 4 is 5.57 Å². The fraction of sp³-hybridized carbons (Fsp3) is 0.417. The average molecular weight is 229 g/mol. The van der Waals surface area contributed by atoms with Gasteiger partial charge in [0.15, 0.2) is 0 Å². The predicted molar refractivity (Wildman–Crippen MR) is 57.9 cm³/mol. The van der Waals surface area contributed by atoms with Crippen molar-refractivity contribution in [3.8, 4) is 0 Å². The van der Waals surface area contributed by atoms with E-state index in [9.17, 15) is 13.2 Å². The maximum absolute atomic E-state index is 12.8. The fourth-order valence-electron chi connectivity index (χ4n) is 1.36. The second kappa shape index (κ2) is 4.28. The third-order valence-corrected chi connectivity index (χ3v) is 2.50. The molecule has 0 aliphatic rings. The molecule has 0 aromatic carbocycles. The monoisotopic (exact) mass is 229 g/mol. The van der Waals surface area contributed by atoms with Crippen LogP contribution in [0.3, 0.4) is 0 Å². The van der Waals surface area contributed by atoms with E-state index in [1.54, 1.807) is 27.7 Å². The Hall–Kier alpha value is -1.32. The van der Waals surface area contributed by atoms with Crippen LogP contribution < -0.4 is 0 Å². The third-order valence-electron chi connectivity index (χ3n) is 2.50. The zero-order chi connectivity index (χ0) is 12.5. The lowest BCUT2D eigenvalue weighted by molar-refractivity contribution is -0.137. The standard InChI is InChI=1S/C12H14F3N/c1-7(2)9(4)10-6-16-8(3)5-11(10)12(13,14)15/h5-6H,1-4H3. The highest BCUT2D eigenvalue weighted by molar-refractivity contribution is 5.68. The fourth-order valence-corrected chi connectivity index (χ4v) is 1.36. The molecule has 0 atom stereocenters. The molecule has 4 heteroatoms. The molecular formula is C12H14F3N. The molecule has 0 saturated heterocycles. The van der Waals surface area contributed by atoms with E-state index in [1.165, 1.54) is 6.20 Å². The van der Waals surface area contributed by atoms with E-state index in [0.29, 0.717) is 11.3 Å². The van der Waals surface area contributed by atoms with Gasteiger partial charge in [0.2, 0.25) is 0 Å². The van der Waals surface area contributed by atoms with Crippen LogP contribution in [-0.2, 0) is 6.18 Å². The number of rotatable bonds is 1. The largest absolute Gasteiger partial charge is 0.417 e. The van der Waals surface area contributed by atoms with Crippen LogP contribution in [0.1, 0.15) is 37.6 Å². The summed E-state index contributed by atoms with van der Waals surface area (Å²) in [5, 5.41) is 0. The minimum Gasteiger partial charge on any atom is -0.261 e. The van der Waals surface area contributed by atoms with Crippen molar-refractivity contribution < 1.29 is 13.2 Å². The van der Waals surface area contributed by atoms with Crippen LogP contribution in [0.25, 0.3) is 5.57 Å². The van der Waals surface area contributed by atoms with Crippen LogP contribution in [0.4, 0.5) is 13.2 Å². The van der Waals surface area contributed by atoms with Crippen molar-refractivity contribution in [3.05, 3.63) is 34.7 Å². The number of aryl methyl sites for hydroxylation is 1. The first-order valence-electron chi connectivity index (χ1n) is 4.91. The maximum atomic E-state index is 12.8. The summed E-state index contributed by atoms with van der Waals surface area (Å²) >= 11 is 0. The van der Waals surface area contributed by atoms with Crippen LogP contribution >= 0.6 is 0 Å². The SMILES string of the molecule is CC(C)=C(C)c1cnc(C)cc1C(F)(F)F. The Labute approximate surface area is 93.0 Å². The molecule has 1 aromatic heterocycles. The third kappa shape index (κ3) is 2.62. The maximum Gasteiger partial charge on any atom is 0.417 e. The molecule has 0 saturated carbocycles. The summed E-state index contributed by atoms with van der Waals surface area (Å²) in [6.07, 6.45) is -3.04. The Morgan fingerprint density at radius 1 is 1.19 bits per heavy atom. The Kier molecular flexibility index (Phi) is 3.41. The van der Waals surface area contributed by atoms with Gasteiger partial charge in [-0.1, -0.05) is 5.57 Å². The second-order valence-electron chi connectivity index (χ2n) is 3.99. The van der Waals surface area contributed by atoms with Gasteiger partial charge in [-0.05, 0) is 39.3 Å². The average Bonchev–Trinajstić information content (AvgIpc) is 2.15. The first-order valence-corrected chi connectivity index (χ1v) is 4.91. The molecule has 1 aromatic rings. The Balaban J connectivity index is 3.47. The van der Waals surface area contributed by atoms with E-state index >= 15 is 0 Å². The molecule has 1 heterocycles. The molecule has 0 aliphatic carbocycles. The number of pyridine rings is 1. The van der Waals surface area contributed by atoms with Crippen molar-refractivity contribution in [1.82, 2.24) is 4.98 Å². The van der Waals surface area contributed by atoms with Gasteiger partial charge in [0.1, 0.15) is 0 Å². The first kappa shape index (κ1) is 12.7. The summed E-state index contributed by atoms with van der Waals surface area (Å²) in [5.74, 6) is 0. The Bertz CT molecular complexity index is 426. The molecule has 0 N–H and O–H groups in total. The summed E-state index contributed by atoms with van der Waals surface area (Å²) in [7, 11) is 0. The molecule has 0 spiro atoms. The van der Waals surface area contributed by atoms with E-state index in [4.69, 9.17) is 0 Å². The van der Waals surface area contributed by atoms with Crippen LogP contribution in [0.15, 0.2) is 17.8 Å². The molecular weight excluding hydrogens is 215 g/mol. The lowest BCUT2D eigenvalue weighted by Crippen LogP contribution is -2.10. The topological polar surface area (TPSA) is 12.9 Å². The normalized spacial score (nSPS) is 11.4. The van der Waals surface area contributed by atoms with Gasteiger partial charge in [-0.2, -0.15) is 13.2 Å². The Morgan fingerprint density at radius 3 is 2.19 bits per heavy atom. The summed E-state index contributed by atoms with van der Waals surface area (Å²) < 4.78 is 38.4. The zero-order valence-corrected chi connectivity index (χ0v) is 9.74. The van der Waals surface area contributed by atoms with E-state index in [-0.39, 0.29) is 5.56 Å². The zero-order valence-electron chi connectivity index (χ0n) is 9.74. The number of alkyl halides is 3. The molecule has 0 bridgehead atoms. The van der Waals surface area contributed by atoms with Crippen molar-refractivity contribution in [2.45, 2.75) is 33.9 Å². The summed E-state index contributed by atoms with van der Waals surface area (Å²) in [5.41, 5.74) is 1.41. The molecule has 0 radical (unpaired) electrons. The predicted octanol–water partition coefficient (Wildman–Crippen LogP) is 4.22.